The smallest absolute Gasteiger partial charge is 0.128 e. The topological polar surface area (TPSA) is 71.5 Å². The molecule has 1 aromatic carbocycles. The van der Waals surface area contributed by atoms with Gasteiger partial charge >= 0.3 is 0 Å². The van der Waals surface area contributed by atoms with Gasteiger partial charge in [0.25, 0.3) is 0 Å². The van der Waals surface area contributed by atoms with Crippen LogP contribution < -0.4 is 10.1 Å². The van der Waals surface area contributed by atoms with Crippen molar-refractivity contribution in [2.24, 2.45) is 4.99 Å². The molecule has 132 valence electrons. The summed E-state index contributed by atoms with van der Waals surface area (Å²) in [4.78, 5) is 12.7. The van der Waals surface area contributed by atoms with E-state index < -0.39 is 0 Å². The van der Waals surface area contributed by atoms with Crippen LogP contribution in [0.4, 0.5) is 5.69 Å². The van der Waals surface area contributed by atoms with Crippen molar-refractivity contribution in [3.8, 4) is 17.0 Å². The van der Waals surface area contributed by atoms with E-state index in [9.17, 15) is 0 Å². The summed E-state index contributed by atoms with van der Waals surface area (Å²) in [5.74, 6) is 1.78. The Balaban J connectivity index is 1.70. The number of nitrogens with one attached hydrogen (secondary N) is 2. The molecule has 2 aliphatic rings. The molecule has 4 heterocycles. The average Bonchev–Trinajstić information content (AvgIpc) is 3.40. The number of aromatic amines is 1. The van der Waals surface area contributed by atoms with Crippen molar-refractivity contribution in [2.45, 2.75) is 11.8 Å². The molecule has 1 saturated heterocycles. The van der Waals surface area contributed by atoms with Gasteiger partial charge in [0.15, 0.2) is 0 Å². The van der Waals surface area contributed by atoms with Crippen LogP contribution in [0.1, 0.15) is 12.0 Å². The minimum Gasteiger partial charge on any atom is -0.496 e. The molecule has 2 aliphatic heterocycles. The third kappa shape index (κ3) is 2.02. The Labute approximate surface area is 151 Å². The number of benzene rings is 1. The second kappa shape index (κ2) is 5.57. The number of nitrogens with zero attached hydrogens (tertiary/aromatic N) is 2. The van der Waals surface area contributed by atoms with Gasteiger partial charge in [0.05, 0.1) is 30.5 Å². The monoisotopic (exact) mass is 348 g/mol. The van der Waals surface area contributed by atoms with Crippen LogP contribution in [0, 0.1) is 0 Å². The molecule has 1 fully saturated rings. The highest BCUT2D eigenvalue weighted by Gasteiger charge is 2.47. The number of rotatable bonds is 2. The Morgan fingerprint density at radius 3 is 3.00 bits per heavy atom. The van der Waals surface area contributed by atoms with Gasteiger partial charge in [-0.1, -0.05) is 0 Å². The van der Waals surface area contributed by atoms with Gasteiger partial charge in [0.1, 0.15) is 11.6 Å². The van der Waals surface area contributed by atoms with Gasteiger partial charge in [0, 0.05) is 42.5 Å². The van der Waals surface area contributed by atoms with Gasteiger partial charge in [0.2, 0.25) is 0 Å². The first-order valence-electron chi connectivity index (χ1n) is 8.76. The van der Waals surface area contributed by atoms with Crippen molar-refractivity contribution in [1.82, 2.24) is 15.3 Å². The molecule has 3 aromatic rings. The molecule has 5 rings (SSSR count). The van der Waals surface area contributed by atoms with Crippen molar-refractivity contribution >= 4 is 22.4 Å². The van der Waals surface area contributed by atoms with E-state index in [0.717, 1.165) is 52.5 Å². The minimum absolute atomic E-state index is 0.188. The molecule has 0 bridgehead atoms. The maximum atomic E-state index is 5.73. The van der Waals surface area contributed by atoms with Crippen LogP contribution in [0.25, 0.3) is 22.2 Å². The van der Waals surface area contributed by atoms with E-state index in [2.05, 4.69) is 27.4 Å². The van der Waals surface area contributed by atoms with Crippen LogP contribution in [-0.4, -0.2) is 43.2 Å². The minimum atomic E-state index is -0.188. The fourth-order valence-electron chi connectivity index (χ4n) is 4.12. The van der Waals surface area contributed by atoms with Gasteiger partial charge in [-0.05, 0) is 36.2 Å². The number of hydrogen-bond acceptors (Lipinski definition) is 5. The third-order valence-corrected chi connectivity index (χ3v) is 5.49. The summed E-state index contributed by atoms with van der Waals surface area (Å²) in [7, 11) is 3.62. The first-order chi connectivity index (χ1) is 12.7. The molecule has 0 aliphatic carbocycles. The highest BCUT2D eigenvalue weighted by Crippen LogP contribution is 2.48. The summed E-state index contributed by atoms with van der Waals surface area (Å²) < 4.78 is 11.4. The predicted molar refractivity (Wildman–Crippen MR) is 101 cm³/mol. The van der Waals surface area contributed by atoms with E-state index in [1.807, 2.05) is 31.6 Å². The Morgan fingerprint density at radius 2 is 2.23 bits per heavy atom. The van der Waals surface area contributed by atoms with Crippen molar-refractivity contribution < 1.29 is 9.47 Å². The van der Waals surface area contributed by atoms with E-state index >= 15 is 0 Å². The lowest BCUT2D eigenvalue weighted by molar-refractivity contribution is 0.188. The summed E-state index contributed by atoms with van der Waals surface area (Å²) in [6.07, 6.45) is 4.72. The molecule has 1 atom stereocenters. The first-order valence-corrected chi connectivity index (χ1v) is 8.76. The van der Waals surface area contributed by atoms with Gasteiger partial charge in [-0.15, -0.1) is 0 Å². The fourth-order valence-corrected chi connectivity index (χ4v) is 4.12. The summed E-state index contributed by atoms with van der Waals surface area (Å²) >= 11 is 0. The number of pyridine rings is 1. The zero-order chi connectivity index (χ0) is 17.7. The molecule has 1 unspecified atom stereocenters. The molecule has 26 heavy (non-hydrogen) atoms. The van der Waals surface area contributed by atoms with Crippen molar-refractivity contribution in [1.29, 1.82) is 0 Å². The summed E-state index contributed by atoms with van der Waals surface area (Å²) in [6.45, 7) is 1.39. The van der Waals surface area contributed by atoms with Crippen LogP contribution in [-0.2, 0) is 10.2 Å². The van der Waals surface area contributed by atoms with E-state index in [-0.39, 0.29) is 5.41 Å². The number of aromatic nitrogens is 2. The van der Waals surface area contributed by atoms with E-state index in [0.29, 0.717) is 6.61 Å². The van der Waals surface area contributed by atoms with Crippen LogP contribution in [0.15, 0.2) is 41.7 Å². The number of aliphatic imine (C=N–C) groups is 1. The lowest BCUT2D eigenvalue weighted by Gasteiger charge is -2.25. The number of H-pyrrole nitrogens is 1. The summed E-state index contributed by atoms with van der Waals surface area (Å²) in [5, 5.41) is 4.36. The normalized spacial score (nSPS) is 21.2. The van der Waals surface area contributed by atoms with Crippen molar-refractivity contribution in [3.63, 3.8) is 0 Å². The molecule has 6 heteroatoms. The second-order valence-electron chi connectivity index (χ2n) is 6.80. The molecular weight excluding hydrogens is 328 g/mol. The molecule has 1 spiro atoms. The molecule has 2 N–H and O–H groups in total. The van der Waals surface area contributed by atoms with Crippen molar-refractivity contribution in [2.75, 3.05) is 27.4 Å². The number of likely N-dealkylation sites (N-methyl/N-ethyl adjacent to an activating group) is 1. The third-order valence-electron chi connectivity index (χ3n) is 5.49. The van der Waals surface area contributed by atoms with Crippen LogP contribution in [0.5, 0.6) is 5.75 Å². The lowest BCUT2D eigenvalue weighted by Crippen LogP contribution is -2.41. The second-order valence-corrected chi connectivity index (χ2v) is 6.80. The standard InChI is InChI=1S/C20H20N4O2/c1-21-19-20(4-6-26-11-20)14-8-18(25-2)13(7-17(14)24-19)16-9-15-12(10-23-16)3-5-22-15/h3,5,7-10,22H,4,6,11H2,1-2H3,(H,21,24). The Bertz CT molecular complexity index is 1030. The van der Waals surface area contributed by atoms with Crippen LogP contribution >= 0.6 is 0 Å². The molecular formula is C20H20N4O2. The van der Waals surface area contributed by atoms with Gasteiger partial charge in [-0.25, -0.2) is 4.99 Å². The summed E-state index contributed by atoms with van der Waals surface area (Å²) in [5.41, 5.74) is 4.80. The van der Waals surface area contributed by atoms with Crippen molar-refractivity contribution in [3.05, 3.63) is 42.2 Å². The summed E-state index contributed by atoms with van der Waals surface area (Å²) in [6, 6.07) is 8.24. The highest BCUT2D eigenvalue weighted by molar-refractivity contribution is 6.01. The molecule has 6 nitrogen and oxygen atoms in total. The molecule has 0 radical (unpaired) electrons. The number of amidine groups is 1. The zero-order valence-electron chi connectivity index (χ0n) is 14.8. The highest BCUT2D eigenvalue weighted by atomic mass is 16.5. The number of ether oxygens (including phenoxy) is 2. The van der Waals surface area contributed by atoms with E-state index in [4.69, 9.17) is 14.5 Å². The lowest BCUT2D eigenvalue weighted by atomic mass is 9.79. The molecule has 0 saturated carbocycles. The van der Waals surface area contributed by atoms with E-state index in [1.165, 1.54) is 5.56 Å². The Morgan fingerprint density at radius 1 is 1.31 bits per heavy atom. The number of fused-ring (bicyclic) bond motifs is 3. The predicted octanol–water partition coefficient (Wildman–Crippen LogP) is 3.16. The van der Waals surface area contributed by atoms with E-state index in [1.54, 1.807) is 7.11 Å². The number of hydrogen-bond donors (Lipinski definition) is 2. The maximum Gasteiger partial charge on any atom is 0.128 e. The zero-order valence-corrected chi connectivity index (χ0v) is 14.8. The number of methoxy groups -OCH3 is 1. The largest absolute Gasteiger partial charge is 0.496 e. The molecule has 0 amide bonds. The van der Waals surface area contributed by atoms with Gasteiger partial charge in [-0.3, -0.25) is 4.98 Å². The van der Waals surface area contributed by atoms with Gasteiger partial charge in [-0.2, -0.15) is 0 Å². The molecule has 2 aromatic heterocycles. The Hall–Kier alpha value is -2.86. The SMILES string of the molecule is CNC1=Nc2cc(-c3cc4[nH]ccc4cn3)c(OC)cc2C12CCOC2. The Kier molecular flexibility index (Phi) is 3.30. The fraction of sp³-hybridized carbons (Fsp3) is 0.300. The van der Waals surface area contributed by atoms with Crippen LogP contribution in [0.2, 0.25) is 0 Å². The average molecular weight is 348 g/mol. The van der Waals surface area contributed by atoms with Crippen LogP contribution in [0.3, 0.4) is 0 Å². The first kappa shape index (κ1) is 15.4. The maximum absolute atomic E-state index is 5.73. The van der Waals surface area contributed by atoms with Gasteiger partial charge < -0.3 is 19.8 Å². The quantitative estimate of drug-likeness (QED) is 0.746.